The average molecular weight is 627 g/mol. The lowest BCUT2D eigenvalue weighted by Gasteiger charge is -2.16. The minimum atomic E-state index is -4.71. The molecule has 41 heavy (non-hydrogen) atoms. The van der Waals surface area contributed by atoms with Gasteiger partial charge in [-0.3, -0.25) is 9.05 Å². The van der Waals surface area contributed by atoms with Gasteiger partial charge >= 0.3 is 27.6 Å². The van der Waals surface area contributed by atoms with Crippen LogP contribution in [0.1, 0.15) is 117 Å². The summed E-state index contributed by atoms with van der Waals surface area (Å²) in [5, 5.41) is 0. The van der Waals surface area contributed by atoms with Crippen molar-refractivity contribution < 1.29 is 51.3 Å². The van der Waals surface area contributed by atoms with Crippen LogP contribution in [0.25, 0.3) is 0 Å². The molecule has 0 spiro atoms. The van der Waals surface area contributed by atoms with Gasteiger partial charge in [-0.25, -0.2) is 18.7 Å². The highest BCUT2D eigenvalue weighted by Crippen LogP contribution is 2.60. The van der Waals surface area contributed by atoms with Crippen molar-refractivity contribution >= 4 is 27.6 Å². The van der Waals surface area contributed by atoms with Gasteiger partial charge in [0.15, 0.2) is 0 Å². The molecule has 0 saturated carbocycles. The maximum atomic E-state index is 12.0. The zero-order chi connectivity index (χ0) is 31.0. The lowest BCUT2D eigenvalue weighted by molar-refractivity contribution is -0.139. The van der Waals surface area contributed by atoms with Gasteiger partial charge in [-0.1, -0.05) is 90.2 Å². The summed E-state index contributed by atoms with van der Waals surface area (Å²) < 4.78 is 48.0. The van der Waals surface area contributed by atoms with E-state index in [4.69, 9.17) is 18.5 Å². The number of carbonyl (C=O) groups excluding carboxylic acids is 2. The van der Waals surface area contributed by atoms with Gasteiger partial charge in [-0.15, -0.1) is 0 Å². The highest BCUT2D eigenvalue weighted by atomic mass is 31.3. The monoisotopic (exact) mass is 626 g/mol. The van der Waals surface area contributed by atoms with Crippen molar-refractivity contribution in [1.29, 1.82) is 0 Å². The Morgan fingerprint density at radius 3 is 1.02 bits per heavy atom. The van der Waals surface area contributed by atoms with E-state index in [1.165, 1.54) is 0 Å². The van der Waals surface area contributed by atoms with E-state index in [0.717, 1.165) is 89.9 Å². The first-order valence-electron chi connectivity index (χ1n) is 14.7. The summed E-state index contributed by atoms with van der Waals surface area (Å²) in [5.74, 6) is -0.716. The minimum absolute atomic E-state index is 0.0679. The molecular formula is C28H52O11P2. The van der Waals surface area contributed by atoms with E-state index in [9.17, 15) is 28.5 Å². The Bertz CT molecular complexity index is 792. The van der Waals surface area contributed by atoms with Gasteiger partial charge in [0.25, 0.3) is 0 Å². The fourth-order valence-electron chi connectivity index (χ4n) is 3.64. The molecule has 0 aromatic heterocycles. The topological polar surface area (TPSA) is 155 Å². The Kier molecular flexibility index (Phi) is 23.4. The van der Waals surface area contributed by atoms with Crippen molar-refractivity contribution in [3.8, 4) is 0 Å². The van der Waals surface area contributed by atoms with Gasteiger partial charge in [-0.05, 0) is 39.5 Å². The standard InChI is InChI=1S/C28H52O11P2/c1-25(2)27(29)35-21-17-13-9-5-7-11-15-19-23-37-40(31,32)39-41(33,34)38-24-20-16-12-8-6-10-14-18-22-36-28(30)26(3)4/h1,3,5-24H2,2,4H3,(H,31,32)(H,33,34). The zero-order valence-corrected chi connectivity index (χ0v) is 26.8. The Morgan fingerprint density at radius 1 is 0.512 bits per heavy atom. The normalized spacial score (nSPS) is 14.1. The fraction of sp³-hybridized carbons (Fsp3) is 0.786. The first kappa shape index (κ1) is 39.7. The number of ether oxygens (including phenoxy) is 2. The number of unbranched alkanes of at least 4 members (excludes halogenated alkanes) is 14. The zero-order valence-electron chi connectivity index (χ0n) is 25.0. The summed E-state index contributed by atoms with van der Waals surface area (Å²) in [6, 6.07) is 0. The van der Waals surface area contributed by atoms with E-state index >= 15 is 0 Å². The molecule has 2 N–H and O–H groups in total. The molecule has 2 unspecified atom stereocenters. The van der Waals surface area contributed by atoms with Crippen LogP contribution in [0.15, 0.2) is 24.3 Å². The second-order valence-electron chi connectivity index (χ2n) is 10.2. The minimum Gasteiger partial charge on any atom is -0.462 e. The molecule has 13 heteroatoms. The molecule has 0 bridgehead atoms. The summed E-state index contributed by atoms with van der Waals surface area (Å²) in [6.07, 6.45) is 14.2. The Balaban J connectivity index is 3.66. The van der Waals surface area contributed by atoms with Crippen LogP contribution in [0.2, 0.25) is 0 Å². The van der Waals surface area contributed by atoms with E-state index in [0.29, 0.717) is 37.2 Å². The molecule has 0 aromatic rings. The first-order valence-corrected chi connectivity index (χ1v) is 17.7. The number of phosphoric ester groups is 2. The Labute approximate surface area is 246 Å². The number of esters is 2. The summed E-state index contributed by atoms with van der Waals surface area (Å²) in [4.78, 5) is 42.0. The molecule has 0 aromatic carbocycles. The van der Waals surface area contributed by atoms with E-state index < -0.39 is 15.6 Å². The van der Waals surface area contributed by atoms with Gasteiger partial charge in [0.2, 0.25) is 0 Å². The van der Waals surface area contributed by atoms with Gasteiger partial charge in [0, 0.05) is 11.1 Å². The van der Waals surface area contributed by atoms with E-state index in [2.05, 4.69) is 17.5 Å². The summed E-state index contributed by atoms with van der Waals surface area (Å²) >= 11 is 0. The van der Waals surface area contributed by atoms with Crippen LogP contribution in [0, 0.1) is 0 Å². The molecule has 0 radical (unpaired) electrons. The van der Waals surface area contributed by atoms with Crippen LogP contribution in [-0.2, 0) is 41.6 Å². The predicted octanol–water partition coefficient (Wildman–Crippen LogP) is 7.72. The Hall–Kier alpha value is -1.32. The lowest BCUT2D eigenvalue weighted by atomic mass is 10.1. The van der Waals surface area contributed by atoms with Gasteiger partial charge in [0.05, 0.1) is 26.4 Å². The molecule has 0 rings (SSSR count). The third kappa shape index (κ3) is 26.1. The largest absolute Gasteiger partial charge is 0.481 e. The molecule has 0 aliphatic heterocycles. The second kappa shape index (κ2) is 24.2. The smallest absolute Gasteiger partial charge is 0.462 e. The van der Waals surface area contributed by atoms with E-state index in [-0.39, 0.29) is 25.2 Å². The number of carbonyl (C=O) groups is 2. The third-order valence-corrected chi connectivity index (χ3v) is 8.62. The predicted molar refractivity (Wildman–Crippen MR) is 158 cm³/mol. The van der Waals surface area contributed by atoms with Crippen LogP contribution in [0.3, 0.4) is 0 Å². The second-order valence-corrected chi connectivity index (χ2v) is 13.2. The van der Waals surface area contributed by atoms with Gasteiger partial charge in [-0.2, -0.15) is 4.31 Å². The van der Waals surface area contributed by atoms with Crippen molar-refractivity contribution in [3.05, 3.63) is 24.3 Å². The van der Waals surface area contributed by atoms with Crippen molar-refractivity contribution in [1.82, 2.24) is 0 Å². The van der Waals surface area contributed by atoms with Crippen LogP contribution in [-0.4, -0.2) is 48.2 Å². The molecular weight excluding hydrogens is 574 g/mol. The quantitative estimate of drug-likeness (QED) is 0.0379. The van der Waals surface area contributed by atoms with Crippen molar-refractivity contribution in [2.75, 3.05) is 26.4 Å². The SMILES string of the molecule is C=C(C)C(=O)OCCCCCCCCCCOP(=O)(O)OP(=O)(O)OCCCCCCCCCCOC(=O)C(=C)C. The van der Waals surface area contributed by atoms with Crippen LogP contribution in [0.4, 0.5) is 0 Å². The summed E-state index contributed by atoms with van der Waals surface area (Å²) in [7, 11) is -9.42. The number of hydrogen-bond acceptors (Lipinski definition) is 9. The highest BCUT2D eigenvalue weighted by Gasteiger charge is 2.34. The fourth-order valence-corrected chi connectivity index (χ4v) is 5.78. The van der Waals surface area contributed by atoms with E-state index in [1.54, 1.807) is 13.8 Å². The first-order chi connectivity index (χ1) is 19.4. The molecule has 0 fully saturated rings. The van der Waals surface area contributed by atoms with Gasteiger partial charge in [0.1, 0.15) is 0 Å². The summed E-state index contributed by atoms with van der Waals surface area (Å²) in [5.41, 5.74) is 0.799. The lowest BCUT2D eigenvalue weighted by Crippen LogP contribution is -2.05. The van der Waals surface area contributed by atoms with Crippen LogP contribution >= 0.6 is 15.6 Å². The molecule has 0 aliphatic carbocycles. The maximum absolute atomic E-state index is 12.0. The number of phosphoric acid groups is 2. The molecule has 0 saturated heterocycles. The average Bonchev–Trinajstić information content (AvgIpc) is 2.88. The molecule has 0 aliphatic rings. The van der Waals surface area contributed by atoms with Crippen molar-refractivity contribution in [3.63, 3.8) is 0 Å². The molecule has 2 atom stereocenters. The van der Waals surface area contributed by atoms with Gasteiger partial charge < -0.3 is 19.3 Å². The Morgan fingerprint density at radius 2 is 0.756 bits per heavy atom. The summed E-state index contributed by atoms with van der Waals surface area (Å²) in [6.45, 7) is 11.0. The molecule has 240 valence electrons. The van der Waals surface area contributed by atoms with Crippen molar-refractivity contribution in [2.24, 2.45) is 0 Å². The maximum Gasteiger partial charge on any atom is 0.481 e. The van der Waals surface area contributed by atoms with Crippen molar-refractivity contribution in [2.45, 2.75) is 117 Å². The van der Waals surface area contributed by atoms with Crippen LogP contribution in [0.5, 0.6) is 0 Å². The molecule has 0 amide bonds. The highest BCUT2D eigenvalue weighted by molar-refractivity contribution is 7.61. The third-order valence-electron chi connectivity index (χ3n) is 5.96. The van der Waals surface area contributed by atoms with E-state index in [1.807, 2.05) is 0 Å². The molecule has 0 heterocycles. The number of rotatable bonds is 28. The van der Waals surface area contributed by atoms with Crippen LogP contribution < -0.4 is 0 Å². The number of hydrogen-bond donors (Lipinski definition) is 2. The molecule has 11 nitrogen and oxygen atoms in total.